The summed E-state index contributed by atoms with van der Waals surface area (Å²) in [5.41, 5.74) is 0. The van der Waals surface area contributed by atoms with Crippen LogP contribution in [-0.4, -0.2) is 18.6 Å². The van der Waals surface area contributed by atoms with Crippen molar-refractivity contribution < 1.29 is 4.39 Å². The Bertz CT molecular complexity index is 389. The smallest absolute Gasteiger partial charge is 0.166 e. The summed E-state index contributed by atoms with van der Waals surface area (Å²) in [7, 11) is 1.72. The van der Waals surface area contributed by atoms with Crippen molar-refractivity contribution in [1.82, 2.24) is 4.98 Å². The van der Waals surface area contributed by atoms with Crippen LogP contribution in [0.4, 0.5) is 10.2 Å². The topological polar surface area (TPSA) is 39.9 Å². The first-order chi connectivity index (χ1) is 7.04. The van der Waals surface area contributed by atoms with Gasteiger partial charge in [0.15, 0.2) is 11.6 Å². The maximum absolute atomic E-state index is 13.4. The SMILES string of the molecule is CC(C#N)CN(C)c1ncc(Br)cc1F. The first-order valence-electron chi connectivity index (χ1n) is 4.46. The molecular weight excluding hydrogens is 261 g/mol. The van der Waals surface area contributed by atoms with Crippen LogP contribution in [-0.2, 0) is 0 Å². The molecule has 0 aliphatic heterocycles. The number of anilines is 1. The van der Waals surface area contributed by atoms with Crippen LogP contribution in [0.3, 0.4) is 0 Å². The summed E-state index contributed by atoms with van der Waals surface area (Å²) in [6, 6.07) is 3.45. The van der Waals surface area contributed by atoms with Crippen LogP contribution in [0.25, 0.3) is 0 Å². The predicted octanol–water partition coefficient (Wildman–Crippen LogP) is 2.58. The number of halogens is 2. The van der Waals surface area contributed by atoms with Crippen molar-refractivity contribution >= 4 is 21.7 Å². The summed E-state index contributed by atoms with van der Waals surface area (Å²) >= 11 is 3.14. The monoisotopic (exact) mass is 271 g/mol. The van der Waals surface area contributed by atoms with E-state index < -0.39 is 5.82 Å². The van der Waals surface area contributed by atoms with Crippen LogP contribution in [0.5, 0.6) is 0 Å². The molecule has 0 aliphatic rings. The van der Waals surface area contributed by atoms with E-state index in [0.29, 0.717) is 11.0 Å². The number of pyridine rings is 1. The summed E-state index contributed by atoms with van der Waals surface area (Å²) in [4.78, 5) is 5.59. The molecular formula is C10H11BrFN3. The second-order valence-corrected chi connectivity index (χ2v) is 4.29. The van der Waals surface area contributed by atoms with Gasteiger partial charge in [-0.15, -0.1) is 0 Å². The Hall–Kier alpha value is -1.15. The zero-order valence-electron chi connectivity index (χ0n) is 8.54. The molecule has 80 valence electrons. The highest BCUT2D eigenvalue weighted by molar-refractivity contribution is 9.10. The predicted molar refractivity (Wildman–Crippen MR) is 59.9 cm³/mol. The highest BCUT2D eigenvalue weighted by Crippen LogP contribution is 2.19. The number of rotatable bonds is 3. The van der Waals surface area contributed by atoms with Crippen molar-refractivity contribution in [3.8, 4) is 6.07 Å². The van der Waals surface area contributed by atoms with Crippen LogP contribution >= 0.6 is 15.9 Å². The van der Waals surface area contributed by atoms with E-state index in [1.165, 1.54) is 12.3 Å². The number of nitrogens with zero attached hydrogens (tertiary/aromatic N) is 3. The molecule has 0 saturated carbocycles. The summed E-state index contributed by atoms with van der Waals surface area (Å²) in [6.07, 6.45) is 1.53. The quantitative estimate of drug-likeness (QED) is 0.849. The van der Waals surface area contributed by atoms with E-state index in [1.807, 2.05) is 0 Å². The van der Waals surface area contributed by atoms with Crippen molar-refractivity contribution in [3.63, 3.8) is 0 Å². The fourth-order valence-corrected chi connectivity index (χ4v) is 1.53. The normalized spacial score (nSPS) is 11.9. The van der Waals surface area contributed by atoms with Gasteiger partial charge in [0, 0.05) is 24.3 Å². The van der Waals surface area contributed by atoms with E-state index in [9.17, 15) is 4.39 Å². The maximum Gasteiger partial charge on any atom is 0.166 e. The average Bonchev–Trinajstić information content (AvgIpc) is 2.17. The Labute approximate surface area is 96.7 Å². The molecule has 0 aliphatic carbocycles. The lowest BCUT2D eigenvalue weighted by Gasteiger charge is -2.19. The Kier molecular flexibility index (Phi) is 4.04. The Morgan fingerprint density at radius 3 is 2.93 bits per heavy atom. The van der Waals surface area contributed by atoms with Crippen molar-refractivity contribution in [3.05, 3.63) is 22.6 Å². The van der Waals surface area contributed by atoms with Gasteiger partial charge in [-0.2, -0.15) is 5.26 Å². The zero-order valence-corrected chi connectivity index (χ0v) is 10.1. The third-order valence-electron chi connectivity index (χ3n) is 1.92. The molecule has 5 heteroatoms. The second kappa shape index (κ2) is 5.08. The van der Waals surface area contributed by atoms with Gasteiger partial charge in [0.25, 0.3) is 0 Å². The number of hydrogen-bond donors (Lipinski definition) is 0. The standard InChI is InChI=1S/C10H11BrFN3/c1-7(4-13)6-15(2)10-9(12)3-8(11)5-14-10/h3,5,7H,6H2,1-2H3. The lowest BCUT2D eigenvalue weighted by atomic mass is 10.2. The van der Waals surface area contributed by atoms with Gasteiger partial charge in [0.2, 0.25) is 0 Å². The van der Waals surface area contributed by atoms with Crippen LogP contribution in [0.1, 0.15) is 6.92 Å². The van der Waals surface area contributed by atoms with Crippen molar-refractivity contribution in [2.24, 2.45) is 5.92 Å². The van der Waals surface area contributed by atoms with Gasteiger partial charge in [0.1, 0.15) is 0 Å². The largest absolute Gasteiger partial charge is 0.356 e. The number of nitriles is 1. The van der Waals surface area contributed by atoms with Crippen LogP contribution < -0.4 is 4.90 Å². The van der Waals surface area contributed by atoms with Gasteiger partial charge < -0.3 is 4.90 Å². The molecule has 0 radical (unpaired) electrons. The molecule has 1 heterocycles. The third kappa shape index (κ3) is 3.17. The highest BCUT2D eigenvalue weighted by Gasteiger charge is 2.12. The first-order valence-corrected chi connectivity index (χ1v) is 5.25. The molecule has 1 rings (SSSR count). The molecule has 0 N–H and O–H groups in total. The fraction of sp³-hybridized carbons (Fsp3) is 0.400. The van der Waals surface area contributed by atoms with E-state index in [1.54, 1.807) is 18.9 Å². The maximum atomic E-state index is 13.4. The molecule has 15 heavy (non-hydrogen) atoms. The zero-order chi connectivity index (χ0) is 11.4. The summed E-state index contributed by atoms with van der Waals surface area (Å²) in [5.74, 6) is -0.280. The molecule has 0 bridgehead atoms. The van der Waals surface area contributed by atoms with Crippen LogP contribution in [0.2, 0.25) is 0 Å². The van der Waals surface area contributed by atoms with Gasteiger partial charge >= 0.3 is 0 Å². The van der Waals surface area contributed by atoms with E-state index in [0.717, 1.165) is 0 Å². The molecule has 1 aromatic rings. The molecule has 1 atom stereocenters. The first kappa shape index (κ1) is 11.9. The Morgan fingerprint density at radius 1 is 1.73 bits per heavy atom. The van der Waals surface area contributed by atoms with Crippen LogP contribution in [0, 0.1) is 23.1 Å². The average molecular weight is 272 g/mol. The number of aromatic nitrogens is 1. The van der Waals surface area contributed by atoms with E-state index in [4.69, 9.17) is 5.26 Å². The van der Waals surface area contributed by atoms with Gasteiger partial charge in [-0.3, -0.25) is 0 Å². The Balaban J connectivity index is 2.83. The second-order valence-electron chi connectivity index (χ2n) is 3.37. The van der Waals surface area contributed by atoms with Gasteiger partial charge in [-0.05, 0) is 28.9 Å². The summed E-state index contributed by atoms with van der Waals surface area (Å²) in [5, 5.41) is 8.65. The lowest BCUT2D eigenvalue weighted by Crippen LogP contribution is -2.25. The minimum absolute atomic E-state index is 0.153. The minimum atomic E-state index is -0.392. The van der Waals surface area contributed by atoms with Gasteiger partial charge in [0.05, 0.1) is 12.0 Å². The molecule has 1 aromatic heterocycles. The molecule has 0 spiro atoms. The summed E-state index contributed by atoms with van der Waals surface area (Å²) in [6.45, 7) is 2.25. The molecule has 0 fully saturated rings. The van der Waals surface area contributed by atoms with Crippen molar-refractivity contribution in [2.45, 2.75) is 6.92 Å². The van der Waals surface area contributed by atoms with Crippen molar-refractivity contribution in [2.75, 3.05) is 18.5 Å². The van der Waals surface area contributed by atoms with Gasteiger partial charge in [-0.1, -0.05) is 0 Å². The van der Waals surface area contributed by atoms with Crippen molar-refractivity contribution in [1.29, 1.82) is 5.26 Å². The fourth-order valence-electron chi connectivity index (χ4n) is 1.23. The van der Waals surface area contributed by atoms with E-state index in [-0.39, 0.29) is 11.7 Å². The lowest BCUT2D eigenvalue weighted by molar-refractivity contribution is 0.606. The third-order valence-corrected chi connectivity index (χ3v) is 2.35. The molecule has 1 unspecified atom stereocenters. The van der Waals surface area contributed by atoms with E-state index >= 15 is 0 Å². The summed E-state index contributed by atoms with van der Waals surface area (Å²) < 4.78 is 14.0. The highest BCUT2D eigenvalue weighted by atomic mass is 79.9. The molecule has 0 amide bonds. The molecule has 3 nitrogen and oxygen atoms in total. The number of hydrogen-bond acceptors (Lipinski definition) is 3. The molecule has 0 saturated heterocycles. The van der Waals surface area contributed by atoms with Gasteiger partial charge in [-0.25, -0.2) is 9.37 Å². The minimum Gasteiger partial charge on any atom is -0.356 e. The van der Waals surface area contributed by atoms with Crippen LogP contribution in [0.15, 0.2) is 16.7 Å². The van der Waals surface area contributed by atoms with E-state index in [2.05, 4.69) is 27.0 Å². The molecule has 0 aromatic carbocycles. The Morgan fingerprint density at radius 2 is 2.40 bits per heavy atom.